The quantitative estimate of drug-likeness (QED) is 0.474. The van der Waals surface area contributed by atoms with Gasteiger partial charge in [-0.15, -0.1) is 0 Å². The number of amides is 2. The number of hydrogen-bond donors (Lipinski definition) is 4. The van der Waals surface area contributed by atoms with Crippen molar-refractivity contribution in [3.05, 3.63) is 0 Å². The Morgan fingerprint density at radius 3 is 2.36 bits per heavy atom. The molecule has 0 fully saturated rings. The van der Waals surface area contributed by atoms with E-state index in [2.05, 4.69) is 23.3 Å². The molecular weight excluding hydrogens is 208 g/mol. The standard InChI is InChI=1S/C7H12N2O4S/c1-8-6(12)4(9-7(13)14)2-3-5(10)11/h4H,2-3H2,1H3,(H,8,12)(H,10,11)(H2,9,13,14). The van der Waals surface area contributed by atoms with Gasteiger partial charge in [-0.05, 0) is 6.42 Å². The average Bonchev–Trinajstić information content (AvgIpc) is 2.10. The topological polar surface area (TPSA) is 95.5 Å². The normalized spacial score (nSPS) is 11.6. The van der Waals surface area contributed by atoms with Crippen LogP contribution < -0.4 is 10.6 Å². The third-order valence-electron chi connectivity index (χ3n) is 1.51. The molecule has 0 aromatic heterocycles. The van der Waals surface area contributed by atoms with Crippen molar-refractivity contribution >= 4 is 29.7 Å². The van der Waals surface area contributed by atoms with Crippen LogP contribution in [0.1, 0.15) is 12.8 Å². The maximum absolute atomic E-state index is 11.1. The number of aliphatic carboxylic acids is 1. The molecule has 3 N–H and O–H groups in total. The first-order valence-electron chi connectivity index (χ1n) is 3.90. The van der Waals surface area contributed by atoms with Gasteiger partial charge in [0.05, 0.1) is 0 Å². The van der Waals surface area contributed by atoms with Crippen molar-refractivity contribution in [2.45, 2.75) is 18.9 Å². The SMILES string of the molecule is CNC(=O)C(CCC(=O)O)NC(=O)S. The lowest BCUT2D eigenvalue weighted by atomic mass is 10.1. The molecule has 0 heterocycles. The smallest absolute Gasteiger partial charge is 0.303 e. The molecule has 0 saturated heterocycles. The highest BCUT2D eigenvalue weighted by Gasteiger charge is 2.19. The van der Waals surface area contributed by atoms with Gasteiger partial charge in [0.2, 0.25) is 5.91 Å². The molecule has 2 amide bonds. The first-order valence-corrected chi connectivity index (χ1v) is 4.35. The van der Waals surface area contributed by atoms with Gasteiger partial charge in [0, 0.05) is 13.5 Å². The molecule has 6 nitrogen and oxygen atoms in total. The van der Waals surface area contributed by atoms with Crippen LogP contribution in [0.2, 0.25) is 0 Å². The Kier molecular flexibility index (Phi) is 5.70. The molecule has 1 atom stereocenters. The van der Waals surface area contributed by atoms with Crippen molar-refractivity contribution in [1.82, 2.24) is 10.6 Å². The lowest BCUT2D eigenvalue weighted by Crippen LogP contribution is -2.44. The molecule has 0 radical (unpaired) electrons. The van der Waals surface area contributed by atoms with Crippen molar-refractivity contribution < 1.29 is 19.5 Å². The van der Waals surface area contributed by atoms with E-state index < -0.39 is 23.2 Å². The van der Waals surface area contributed by atoms with Crippen LogP contribution in [0.5, 0.6) is 0 Å². The van der Waals surface area contributed by atoms with Gasteiger partial charge in [0.1, 0.15) is 6.04 Å². The molecule has 80 valence electrons. The summed E-state index contributed by atoms with van der Waals surface area (Å²) < 4.78 is 0. The number of carboxylic acid groups (broad SMARTS) is 1. The lowest BCUT2D eigenvalue weighted by molar-refractivity contribution is -0.137. The Labute approximate surface area is 86.5 Å². The van der Waals surface area contributed by atoms with Gasteiger partial charge in [0.25, 0.3) is 5.24 Å². The summed E-state index contributed by atoms with van der Waals surface area (Å²) in [5.41, 5.74) is 0. The fraction of sp³-hybridized carbons (Fsp3) is 0.571. The molecule has 0 aliphatic heterocycles. The van der Waals surface area contributed by atoms with Gasteiger partial charge >= 0.3 is 5.97 Å². The van der Waals surface area contributed by atoms with E-state index in [1.54, 1.807) is 0 Å². The van der Waals surface area contributed by atoms with Crippen LogP contribution in [0.3, 0.4) is 0 Å². The molecule has 0 spiro atoms. The summed E-state index contributed by atoms with van der Waals surface area (Å²) >= 11 is 3.44. The summed E-state index contributed by atoms with van der Waals surface area (Å²) in [6, 6.07) is -0.846. The Morgan fingerprint density at radius 1 is 1.43 bits per heavy atom. The molecule has 0 aliphatic carbocycles. The number of likely N-dealkylation sites (N-methyl/N-ethyl adjacent to an activating group) is 1. The Balaban J connectivity index is 4.17. The van der Waals surface area contributed by atoms with Gasteiger partial charge < -0.3 is 15.7 Å². The van der Waals surface area contributed by atoms with Gasteiger partial charge in [-0.25, -0.2) is 0 Å². The summed E-state index contributed by atoms with van der Waals surface area (Å²) in [5, 5.41) is 12.3. The van der Waals surface area contributed by atoms with Crippen molar-refractivity contribution in [2.24, 2.45) is 0 Å². The molecule has 0 aromatic rings. The first-order chi connectivity index (χ1) is 6.47. The van der Waals surface area contributed by atoms with E-state index in [4.69, 9.17) is 5.11 Å². The van der Waals surface area contributed by atoms with Crippen LogP contribution in [0.25, 0.3) is 0 Å². The minimum Gasteiger partial charge on any atom is -0.481 e. The highest BCUT2D eigenvalue weighted by atomic mass is 32.1. The van der Waals surface area contributed by atoms with Crippen LogP contribution in [0.15, 0.2) is 0 Å². The Morgan fingerprint density at radius 2 is 2.00 bits per heavy atom. The van der Waals surface area contributed by atoms with Crippen molar-refractivity contribution in [1.29, 1.82) is 0 Å². The van der Waals surface area contributed by atoms with E-state index in [1.807, 2.05) is 0 Å². The van der Waals surface area contributed by atoms with Gasteiger partial charge in [0.15, 0.2) is 0 Å². The minimum atomic E-state index is -1.02. The van der Waals surface area contributed by atoms with Crippen LogP contribution in [0, 0.1) is 0 Å². The van der Waals surface area contributed by atoms with Gasteiger partial charge in [-0.3, -0.25) is 14.4 Å². The predicted molar refractivity (Wildman–Crippen MR) is 52.2 cm³/mol. The average molecular weight is 220 g/mol. The van der Waals surface area contributed by atoms with E-state index in [0.29, 0.717) is 0 Å². The fourth-order valence-electron chi connectivity index (χ4n) is 0.860. The van der Waals surface area contributed by atoms with Gasteiger partial charge in [-0.1, -0.05) is 12.6 Å². The summed E-state index contributed by atoms with van der Waals surface area (Å²) in [4.78, 5) is 31.9. The second-order valence-corrected chi connectivity index (χ2v) is 2.95. The van der Waals surface area contributed by atoms with E-state index in [1.165, 1.54) is 7.05 Å². The van der Waals surface area contributed by atoms with Crippen LogP contribution in [-0.4, -0.2) is 35.3 Å². The third kappa shape index (κ3) is 5.41. The number of carbonyl (C=O) groups excluding carboxylic acids is 2. The van der Waals surface area contributed by atoms with Crippen LogP contribution in [-0.2, 0) is 9.59 Å². The summed E-state index contributed by atoms with van der Waals surface area (Å²) in [6.45, 7) is 0. The number of rotatable bonds is 5. The van der Waals surface area contributed by atoms with Crippen LogP contribution in [0.4, 0.5) is 4.79 Å². The molecule has 0 aliphatic rings. The molecule has 0 bridgehead atoms. The summed E-state index contributed by atoms with van der Waals surface area (Å²) in [7, 11) is 1.40. The Hall–Kier alpha value is -1.24. The monoisotopic (exact) mass is 220 g/mol. The van der Waals surface area contributed by atoms with E-state index >= 15 is 0 Å². The zero-order valence-electron chi connectivity index (χ0n) is 7.61. The number of thiol groups is 1. The first kappa shape index (κ1) is 12.8. The second kappa shape index (κ2) is 6.25. The zero-order chi connectivity index (χ0) is 11.1. The van der Waals surface area contributed by atoms with Crippen molar-refractivity contribution in [3.8, 4) is 0 Å². The zero-order valence-corrected chi connectivity index (χ0v) is 8.51. The minimum absolute atomic E-state index is 0.0430. The number of carboxylic acids is 1. The lowest BCUT2D eigenvalue weighted by Gasteiger charge is -2.14. The molecule has 1 unspecified atom stereocenters. The molecule has 0 rings (SSSR count). The highest BCUT2D eigenvalue weighted by Crippen LogP contribution is 1.98. The molecule has 7 heteroatoms. The maximum atomic E-state index is 11.1. The number of nitrogens with one attached hydrogen (secondary N) is 2. The van der Waals surface area contributed by atoms with E-state index in [9.17, 15) is 14.4 Å². The van der Waals surface area contributed by atoms with E-state index in [-0.39, 0.29) is 12.8 Å². The summed E-state index contributed by atoms with van der Waals surface area (Å²) in [6.07, 6.45) is -0.145. The Bertz CT molecular complexity index is 244. The second-order valence-electron chi connectivity index (χ2n) is 2.55. The third-order valence-corrected chi connectivity index (χ3v) is 1.64. The largest absolute Gasteiger partial charge is 0.481 e. The highest BCUT2D eigenvalue weighted by molar-refractivity contribution is 7.96. The van der Waals surface area contributed by atoms with Crippen molar-refractivity contribution in [2.75, 3.05) is 7.05 Å². The predicted octanol–water partition coefficient (Wildman–Crippen LogP) is -0.395. The van der Waals surface area contributed by atoms with Gasteiger partial charge in [-0.2, -0.15) is 0 Å². The molecule has 14 heavy (non-hydrogen) atoms. The number of hydrogen-bond acceptors (Lipinski definition) is 3. The van der Waals surface area contributed by atoms with Crippen LogP contribution >= 0.6 is 12.6 Å². The maximum Gasteiger partial charge on any atom is 0.303 e. The number of carbonyl (C=O) groups is 3. The molecular formula is C7H12N2O4S. The van der Waals surface area contributed by atoms with E-state index in [0.717, 1.165) is 0 Å². The molecule has 0 aromatic carbocycles. The fourth-order valence-corrected chi connectivity index (χ4v) is 1.02. The van der Waals surface area contributed by atoms with Crippen molar-refractivity contribution in [3.63, 3.8) is 0 Å². The molecule has 0 saturated carbocycles. The summed E-state index contributed by atoms with van der Waals surface area (Å²) in [5.74, 6) is -1.46.